The first-order valence-electron chi connectivity index (χ1n) is 10.3. The number of ether oxygens (including phenoxy) is 1. The Morgan fingerprint density at radius 2 is 1.68 bits per heavy atom. The summed E-state index contributed by atoms with van der Waals surface area (Å²) >= 11 is 0. The van der Waals surface area contributed by atoms with E-state index < -0.39 is 5.60 Å². The van der Waals surface area contributed by atoms with Gasteiger partial charge in [0.05, 0.1) is 22.3 Å². The number of aryl methyl sites for hydroxylation is 1. The summed E-state index contributed by atoms with van der Waals surface area (Å²) in [6, 6.07) is 11.4. The van der Waals surface area contributed by atoms with Crippen LogP contribution in [0.2, 0.25) is 0 Å². The van der Waals surface area contributed by atoms with Gasteiger partial charge in [0.1, 0.15) is 5.60 Å². The highest BCUT2D eigenvalue weighted by molar-refractivity contribution is 6.07. The van der Waals surface area contributed by atoms with Gasteiger partial charge < -0.3 is 19.1 Å². The molecule has 162 valence electrons. The van der Waals surface area contributed by atoms with Crippen molar-refractivity contribution in [3.05, 3.63) is 47.7 Å². The molecule has 2 aromatic heterocycles. The molecule has 31 heavy (non-hydrogen) atoms. The van der Waals surface area contributed by atoms with E-state index in [0.717, 1.165) is 5.56 Å². The van der Waals surface area contributed by atoms with E-state index >= 15 is 0 Å². The van der Waals surface area contributed by atoms with Crippen LogP contribution in [0.25, 0.3) is 22.4 Å². The van der Waals surface area contributed by atoms with Gasteiger partial charge in [0.25, 0.3) is 11.6 Å². The van der Waals surface area contributed by atoms with E-state index in [-0.39, 0.29) is 12.0 Å². The number of aromatic nitrogens is 2. The molecule has 0 bridgehead atoms. The molecule has 1 saturated heterocycles. The molecule has 3 heterocycles. The number of nitrogens with zero attached hydrogens (tertiary/aromatic N) is 4. The van der Waals surface area contributed by atoms with Crippen LogP contribution in [0.15, 0.2) is 40.9 Å². The van der Waals surface area contributed by atoms with Gasteiger partial charge in [0.2, 0.25) is 0 Å². The molecular formula is C23H26N4O4. The number of amides is 2. The Kier molecular flexibility index (Phi) is 5.39. The normalized spacial score (nSPS) is 14.7. The van der Waals surface area contributed by atoms with Crippen LogP contribution in [0, 0.1) is 6.92 Å². The number of carbonyl (C=O) groups is 2. The van der Waals surface area contributed by atoms with E-state index in [1.54, 1.807) is 22.8 Å². The van der Waals surface area contributed by atoms with Crippen molar-refractivity contribution < 1.29 is 18.8 Å². The summed E-state index contributed by atoms with van der Waals surface area (Å²) in [5.41, 5.74) is 2.47. The zero-order chi connectivity index (χ0) is 22.2. The fraction of sp³-hybridized carbons (Fsp3) is 0.391. The highest BCUT2D eigenvalue weighted by Crippen LogP contribution is 2.28. The second kappa shape index (κ2) is 8.02. The van der Waals surface area contributed by atoms with Crippen molar-refractivity contribution in [1.82, 2.24) is 19.9 Å². The maximum absolute atomic E-state index is 13.4. The van der Waals surface area contributed by atoms with Gasteiger partial charge in [-0.05, 0) is 33.8 Å². The molecule has 8 nitrogen and oxygen atoms in total. The third-order valence-electron chi connectivity index (χ3n) is 5.14. The van der Waals surface area contributed by atoms with Crippen molar-refractivity contribution in [3.63, 3.8) is 0 Å². The number of rotatable bonds is 2. The second-order valence-electron chi connectivity index (χ2n) is 8.63. The molecule has 1 fully saturated rings. The van der Waals surface area contributed by atoms with E-state index in [1.165, 1.54) is 0 Å². The molecule has 1 aliphatic rings. The Balaban J connectivity index is 1.58. The molecule has 0 atom stereocenters. The quantitative estimate of drug-likeness (QED) is 0.622. The van der Waals surface area contributed by atoms with Gasteiger partial charge in [-0.1, -0.05) is 35.5 Å². The van der Waals surface area contributed by atoms with E-state index in [9.17, 15) is 9.59 Å². The minimum Gasteiger partial charge on any atom is -0.444 e. The zero-order valence-electron chi connectivity index (χ0n) is 18.2. The molecule has 0 saturated carbocycles. The van der Waals surface area contributed by atoms with Crippen LogP contribution in [0.4, 0.5) is 4.79 Å². The Morgan fingerprint density at radius 1 is 1.03 bits per heavy atom. The first-order chi connectivity index (χ1) is 14.7. The third-order valence-corrected chi connectivity index (χ3v) is 5.14. The van der Waals surface area contributed by atoms with Crippen molar-refractivity contribution >= 4 is 23.1 Å². The summed E-state index contributed by atoms with van der Waals surface area (Å²) in [6.07, 6.45) is -0.354. The highest BCUT2D eigenvalue weighted by Gasteiger charge is 2.30. The SMILES string of the molecule is Cc1noc2nc(-c3ccccc3)cc(C(=O)N3CCN(C(=O)OC(C)(C)C)CC3)c12. The Morgan fingerprint density at radius 3 is 2.32 bits per heavy atom. The Bertz CT molecular complexity index is 1110. The Labute approximate surface area is 180 Å². The van der Waals surface area contributed by atoms with Crippen molar-refractivity contribution in [2.75, 3.05) is 26.2 Å². The van der Waals surface area contributed by atoms with Crippen LogP contribution < -0.4 is 0 Å². The van der Waals surface area contributed by atoms with Gasteiger partial charge in [-0.25, -0.2) is 9.78 Å². The number of hydrogen-bond acceptors (Lipinski definition) is 6. The average Bonchev–Trinajstić information content (AvgIpc) is 3.13. The van der Waals surface area contributed by atoms with Crippen LogP contribution >= 0.6 is 0 Å². The van der Waals surface area contributed by atoms with Crippen LogP contribution in [-0.4, -0.2) is 63.7 Å². The molecule has 8 heteroatoms. The summed E-state index contributed by atoms with van der Waals surface area (Å²) in [6.45, 7) is 9.00. The summed E-state index contributed by atoms with van der Waals surface area (Å²) in [5, 5.41) is 4.63. The lowest BCUT2D eigenvalue weighted by Gasteiger charge is -2.35. The van der Waals surface area contributed by atoms with Gasteiger partial charge in [-0.3, -0.25) is 4.79 Å². The average molecular weight is 422 g/mol. The molecule has 3 aromatic rings. The topological polar surface area (TPSA) is 88.8 Å². The van der Waals surface area contributed by atoms with Gasteiger partial charge in [0.15, 0.2) is 0 Å². The minimum atomic E-state index is -0.549. The van der Waals surface area contributed by atoms with Gasteiger partial charge >= 0.3 is 6.09 Å². The molecule has 0 N–H and O–H groups in total. The molecule has 1 aromatic carbocycles. The van der Waals surface area contributed by atoms with Gasteiger partial charge in [0, 0.05) is 31.7 Å². The summed E-state index contributed by atoms with van der Waals surface area (Å²) in [4.78, 5) is 33.7. The third kappa shape index (κ3) is 4.38. The molecule has 0 radical (unpaired) electrons. The lowest BCUT2D eigenvalue weighted by atomic mass is 10.0. The standard InChI is InChI=1S/C23H26N4O4/c1-15-19-17(14-18(24-20(19)31-25-15)16-8-6-5-7-9-16)21(28)26-10-12-27(13-11-26)22(29)30-23(2,3)4/h5-9,14H,10-13H2,1-4H3. The Hall–Kier alpha value is -3.42. The monoisotopic (exact) mass is 422 g/mol. The smallest absolute Gasteiger partial charge is 0.410 e. The molecule has 2 amide bonds. The van der Waals surface area contributed by atoms with Gasteiger partial charge in [-0.2, -0.15) is 0 Å². The van der Waals surface area contributed by atoms with E-state index in [1.807, 2.05) is 51.1 Å². The molecule has 4 rings (SSSR count). The fourth-order valence-electron chi connectivity index (χ4n) is 3.61. The lowest BCUT2D eigenvalue weighted by Crippen LogP contribution is -2.51. The maximum atomic E-state index is 13.4. The van der Waals surface area contributed by atoms with Crippen LogP contribution in [0.3, 0.4) is 0 Å². The number of pyridine rings is 1. The number of benzene rings is 1. The number of carbonyl (C=O) groups excluding carboxylic acids is 2. The summed E-state index contributed by atoms with van der Waals surface area (Å²) < 4.78 is 10.8. The first kappa shape index (κ1) is 20.8. The lowest BCUT2D eigenvalue weighted by molar-refractivity contribution is 0.0141. The second-order valence-corrected chi connectivity index (χ2v) is 8.63. The molecular weight excluding hydrogens is 396 g/mol. The number of piperazine rings is 1. The molecule has 1 aliphatic heterocycles. The molecule has 0 unspecified atom stereocenters. The van der Waals surface area contributed by atoms with Crippen molar-refractivity contribution in [1.29, 1.82) is 0 Å². The van der Waals surface area contributed by atoms with E-state index in [2.05, 4.69) is 10.1 Å². The van der Waals surface area contributed by atoms with Crippen LogP contribution in [0.1, 0.15) is 36.8 Å². The van der Waals surface area contributed by atoms with Crippen LogP contribution in [-0.2, 0) is 4.74 Å². The first-order valence-corrected chi connectivity index (χ1v) is 10.3. The molecule has 0 aliphatic carbocycles. The summed E-state index contributed by atoms with van der Waals surface area (Å²) in [5.74, 6) is -0.125. The van der Waals surface area contributed by atoms with Gasteiger partial charge in [-0.15, -0.1) is 0 Å². The maximum Gasteiger partial charge on any atom is 0.410 e. The summed E-state index contributed by atoms with van der Waals surface area (Å²) in [7, 11) is 0. The van der Waals surface area contributed by atoms with E-state index in [0.29, 0.717) is 54.2 Å². The zero-order valence-corrected chi connectivity index (χ0v) is 18.2. The number of hydrogen-bond donors (Lipinski definition) is 0. The molecule has 0 spiro atoms. The van der Waals surface area contributed by atoms with Crippen LogP contribution in [0.5, 0.6) is 0 Å². The van der Waals surface area contributed by atoms with E-state index in [4.69, 9.17) is 9.26 Å². The predicted octanol–water partition coefficient (Wildman–Crippen LogP) is 3.89. The van der Waals surface area contributed by atoms with Crippen molar-refractivity contribution in [2.45, 2.75) is 33.3 Å². The predicted molar refractivity (Wildman–Crippen MR) is 116 cm³/mol. The van der Waals surface area contributed by atoms with Crippen molar-refractivity contribution in [2.24, 2.45) is 0 Å². The highest BCUT2D eigenvalue weighted by atomic mass is 16.6. The largest absolute Gasteiger partial charge is 0.444 e. The fourth-order valence-corrected chi connectivity index (χ4v) is 3.61. The van der Waals surface area contributed by atoms with Crippen molar-refractivity contribution in [3.8, 4) is 11.3 Å². The minimum absolute atomic E-state index is 0.125. The number of fused-ring (bicyclic) bond motifs is 1.